The number of Topliss-reactive ketones (excluding diaryl/α,β-unsaturated/α-hetero) is 1. The first-order valence-electron chi connectivity index (χ1n) is 8.79. The average Bonchev–Trinajstić information content (AvgIpc) is 2.91. The quantitative estimate of drug-likeness (QED) is 0.392. The topological polar surface area (TPSA) is 141 Å². The van der Waals surface area contributed by atoms with Crippen LogP contribution in [0.25, 0.3) is 0 Å². The SMILES string of the molecule is CCOC(=O)c1c(C)[nH]c(C(=O)[C@H](C)OC(=O)[C@@H](CCSC)NC(N)=O)c1C. The summed E-state index contributed by atoms with van der Waals surface area (Å²) >= 11 is 1.49. The number of hydrogen-bond acceptors (Lipinski definition) is 7. The van der Waals surface area contributed by atoms with E-state index in [0.29, 0.717) is 23.4 Å². The molecule has 28 heavy (non-hydrogen) atoms. The maximum absolute atomic E-state index is 12.7. The number of rotatable bonds is 10. The summed E-state index contributed by atoms with van der Waals surface area (Å²) in [6.45, 7) is 6.60. The van der Waals surface area contributed by atoms with Crippen molar-refractivity contribution < 1.29 is 28.7 Å². The van der Waals surface area contributed by atoms with Crippen LogP contribution in [-0.4, -0.2) is 59.5 Å². The molecule has 0 unspecified atom stereocenters. The molecule has 2 amide bonds. The van der Waals surface area contributed by atoms with Crippen LogP contribution in [0.1, 0.15) is 52.4 Å². The lowest BCUT2D eigenvalue weighted by Gasteiger charge is -2.19. The number of amides is 2. The fourth-order valence-electron chi connectivity index (χ4n) is 2.68. The Morgan fingerprint density at radius 2 is 1.89 bits per heavy atom. The van der Waals surface area contributed by atoms with Crippen molar-refractivity contribution in [2.24, 2.45) is 5.73 Å². The van der Waals surface area contributed by atoms with Crippen molar-refractivity contribution in [3.63, 3.8) is 0 Å². The highest BCUT2D eigenvalue weighted by Crippen LogP contribution is 2.21. The minimum atomic E-state index is -1.12. The van der Waals surface area contributed by atoms with Gasteiger partial charge in [-0.15, -0.1) is 0 Å². The van der Waals surface area contributed by atoms with E-state index >= 15 is 0 Å². The molecule has 0 spiro atoms. The van der Waals surface area contributed by atoms with E-state index in [-0.39, 0.29) is 17.9 Å². The van der Waals surface area contributed by atoms with E-state index in [1.807, 2.05) is 6.26 Å². The molecule has 0 saturated carbocycles. The molecule has 0 fully saturated rings. The molecule has 0 saturated heterocycles. The van der Waals surface area contributed by atoms with Gasteiger partial charge in [0.1, 0.15) is 6.04 Å². The molecule has 1 aromatic heterocycles. The molecule has 0 aromatic carbocycles. The van der Waals surface area contributed by atoms with Crippen LogP contribution < -0.4 is 11.1 Å². The molecule has 1 rings (SSSR count). The van der Waals surface area contributed by atoms with Gasteiger partial charge in [0.15, 0.2) is 6.10 Å². The van der Waals surface area contributed by atoms with E-state index in [2.05, 4.69) is 10.3 Å². The van der Waals surface area contributed by atoms with Gasteiger partial charge in [-0.1, -0.05) is 0 Å². The molecule has 4 N–H and O–H groups in total. The largest absolute Gasteiger partial charge is 0.462 e. The number of nitrogens with two attached hydrogens (primary N) is 1. The third kappa shape index (κ3) is 6.01. The second-order valence-corrected chi connectivity index (χ2v) is 7.12. The van der Waals surface area contributed by atoms with Gasteiger partial charge in [0, 0.05) is 5.69 Å². The Balaban J connectivity index is 2.94. The molecular weight excluding hydrogens is 386 g/mol. The maximum atomic E-state index is 12.7. The van der Waals surface area contributed by atoms with Crippen molar-refractivity contribution in [3.8, 4) is 0 Å². The molecule has 10 heteroatoms. The van der Waals surface area contributed by atoms with Gasteiger partial charge in [0.05, 0.1) is 17.9 Å². The Morgan fingerprint density at radius 3 is 2.43 bits per heavy atom. The number of aryl methyl sites for hydroxylation is 1. The van der Waals surface area contributed by atoms with E-state index in [0.717, 1.165) is 0 Å². The third-order valence-corrected chi connectivity index (χ3v) is 4.68. The molecule has 0 aliphatic rings. The Labute approximate surface area is 168 Å². The number of carbonyl (C=O) groups excluding carboxylic acids is 4. The van der Waals surface area contributed by atoms with Crippen molar-refractivity contribution in [3.05, 3.63) is 22.5 Å². The fourth-order valence-corrected chi connectivity index (χ4v) is 3.15. The van der Waals surface area contributed by atoms with E-state index in [4.69, 9.17) is 15.2 Å². The summed E-state index contributed by atoms with van der Waals surface area (Å²) < 4.78 is 10.2. The molecule has 0 aliphatic carbocycles. The molecule has 0 aliphatic heterocycles. The zero-order valence-corrected chi connectivity index (χ0v) is 17.5. The normalized spacial score (nSPS) is 12.8. The predicted octanol–water partition coefficient (Wildman–Crippen LogP) is 1.71. The number of hydrogen-bond donors (Lipinski definition) is 3. The van der Waals surface area contributed by atoms with Crippen LogP contribution in [-0.2, 0) is 14.3 Å². The Kier molecular flexibility index (Phi) is 9.04. The number of primary amides is 1. The van der Waals surface area contributed by atoms with Crippen molar-refractivity contribution in [2.45, 2.75) is 46.3 Å². The van der Waals surface area contributed by atoms with Crippen molar-refractivity contribution in [2.75, 3.05) is 18.6 Å². The van der Waals surface area contributed by atoms with Crippen LogP contribution in [0.3, 0.4) is 0 Å². The first-order chi connectivity index (χ1) is 13.1. The Bertz CT molecular complexity index is 746. The molecule has 156 valence electrons. The molecular formula is C18H27N3O6S. The molecule has 0 radical (unpaired) electrons. The number of nitrogens with one attached hydrogen (secondary N) is 2. The van der Waals surface area contributed by atoms with E-state index in [1.165, 1.54) is 18.7 Å². The van der Waals surface area contributed by atoms with Gasteiger partial charge in [-0.3, -0.25) is 4.79 Å². The lowest BCUT2D eigenvalue weighted by molar-refractivity contribution is -0.148. The second kappa shape index (κ2) is 10.7. The number of ketones is 1. The maximum Gasteiger partial charge on any atom is 0.340 e. The summed E-state index contributed by atoms with van der Waals surface area (Å²) in [5.41, 5.74) is 6.48. The van der Waals surface area contributed by atoms with Crippen LogP contribution >= 0.6 is 11.8 Å². The highest BCUT2D eigenvalue weighted by molar-refractivity contribution is 7.98. The van der Waals surface area contributed by atoms with Crippen LogP contribution in [0.4, 0.5) is 4.79 Å². The van der Waals surface area contributed by atoms with Crippen molar-refractivity contribution >= 4 is 35.5 Å². The number of esters is 2. The number of urea groups is 1. The van der Waals surface area contributed by atoms with Gasteiger partial charge in [0.25, 0.3) is 0 Å². The van der Waals surface area contributed by atoms with Gasteiger partial charge in [-0.05, 0) is 51.7 Å². The number of H-pyrrole nitrogens is 1. The minimum Gasteiger partial charge on any atom is -0.462 e. The lowest BCUT2D eigenvalue weighted by atomic mass is 10.1. The summed E-state index contributed by atoms with van der Waals surface area (Å²) in [5.74, 6) is -1.17. The zero-order valence-electron chi connectivity index (χ0n) is 16.7. The zero-order chi connectivity index (χ0) is 21.4. The monoisotopic (exact) mass is 413 g/mol. The van der Waals surface area contributed by atoms with Gasteiger partial charge < -0.3 is 25.5 Å². The van der Waals surface area contributed by atoms with Gasteiger partial charge >= 0.3 is 18.0 Å². The molecule has 1 heterocycles. The number of thioether (sulfide) groups is 1. The number of aromatic nitrogens is 1. The standard InChI is InChI=1S/C18H27N3O6S/c1-6-26-17(24)13-9(2)14(20-10(13)3)15(22)11(4)27-16(23)12(7-8-28-5)21-18(19)25/h11-12,20H,6-8H2,1-5H3,(H3,19,21,25)/t11-,12+/m0/s1. The summed E-state index contributed by atoms with van der Waals surface area (Å²) in [4.78, 5) is 51.1. The molecule has 1 aromatic rings. The molecule has 2 atom stereocenters. The van der Waals surface area contributed by atoms with E-state index in [1.54, 1.807) is 20.8 Å². The van der Waals surface area contributed by atoms with Crippen molar-refractivity contribution in [1.82, 2.24) is 10.3 Å². The summed E-state index contributed by atoms with van der Waals surface area (Å²) in [6.07, 6.45) is 1.05. The molecule has 0 bridgehead atoms. The second-order valence-electron chi connectivity index (χ2n) is 6.13. The Hall–Kier alpha value is -2.49. The third-order valence-electron chi connectivity index (χ3n) is 4.04. The first-order valence-corrected chi connectivity index (χ1v) is 10.2. The lowest BCUT2D eigenvalue weighted by Crippen LogP contribution is -2.46. The number of ether oxygens (including phenoxy) is 2. The predicted molar refractivity (Wildman–Crippen MR) is 106 cm³/mol. The minimum absolute atomic E-state index is 0.171. The van der Waals surface area contributed by atoms with E-state index < -0.39 is 35.9 Å². The summed E-state index contributed by atoms with van der Waals surface area (Å²) in [6, 6.07) is -1.79. The van der Waals surface area contributed by atoms with Crippen LogP contribution in [0, 0.1) is 13.8 Å². The van der Waals surface area contributed by atoms with Crippen LogP contribution in [0.5, 0.6) is 0 Å². The first kappa shape index (κ1) is 23.5. The Morgan fingerprint density at radius 1 is 1.25 bits per heavy atom. The smallest absolute Gasteiger partial charge is 0.340 e. The van der Waals surface area contributed by atoms with Crippen molar-refractivity contribution in [1.29, 1.82) is 0 Å². The highest BCUT2D eigenvalue weighted by Gasteiger charge is 2.30. The summed E-state index contributed by atoms with van der Waals surface area (Å²) in [7, 11) is 0. The number of aromatic amines is 1. The summed E-state index contributed by atoms with van der Waals surface area (Å²) in [5, 5.41) is 2.32. The average molecular weight is 413 g/mol. The molecule has 9 nitrogen and oxygen atoms in total. The number of carbonyl (C=O) groups is 4. The highest BCUT2D eigenvalue weighted by atomic mass is 32.2. The van der Waals surface area contributed by atoms with Crippen LogP contribution in [0.2, 0.25) is 0 Å². The van der Waals surface area contributed by atoms with Gasteiger partial charge in [-0.25, -0.2) is 14.4 Å². The van der Waals surface area contributed by atoms with Crippen LogP contribution in [0.15, 0.2) is 0 Å². The fraction of sp³-hybridized carbons (Fsp3) is 0.556. The van der Waals surface area contributed by atoms with Gasteiger partial charge in [-0.2, -0.15) is 11.8 Å². The van der Waals surface area contributed by atoms with E-state index in [9.17, 15) is 19.2 Å². The van der Waals surface area contributed by atoms with Gasteiger partial charge in [0.2, 0.25) is 5.78 Å².